The molecule has 21 heavy (non-hydrogen) atoms. The number of anilines is 1. The van der Waals surface area contributed by atoms with Crippen LogP contribution < -0.4 is 5.32 Å². The zero-order valence-corrected chi connectivity index (χ0v) is 11.8. The molecule has 0 aliphatic heterocycles. The summed E-state index contributed by atoms with van der Waals surface area (Å²) in [6.45, 7) is 1.97. The van der Waals surface area contributed by atoms with E-state index in [9.17, 15) is 4.79 Å². The second kappa shape index (κ2) is 7.22. The summed E-state index contributed by atoms with van der Waals surface area (Å²) in [5.41, 5.74) is 2.30. The number of aromatic nitrogens is 1. The average Bonchev–Trinajstić information content (AvgIpc) is 2.50. The molecular formula is C17H16N2O2. The Morgan fingerprint density at radius 2 is 2.19 bits per heavy atom. The van der Waals surface area contributed by atoms with E-state index in [0.29, 0.717) is 17.8 Å². The number of amides is 1. The van der Waals surface area contributed by atoms with Crippen molar-refractivity contribution in [3.05, 3.63) is 59.3 Å². The van der Waals surface area contributed by atoms with Gasteiger partial charge < -0.3 is 10.4 Å². The van der Waals surface area contributed by atoms with E-state index in [4.69, 9.17) is 5.11 Å². The van der Waals surface area contributed by atoms with Crippen molar-refractivity contribution in [3.63, 3.8) is 0 Å². The van der Waals surface area contributed by atoms with Gasteiger partial charge in [-0.15, -0.1) is 0 Å². The highest BCUT2D eigenvalue weighted by Gasteiger charge is 2.06. The van der Waals surface area contributed by atoms with Crippen LogP contribution in [-0.4, -0.2) is 22.6 Å². The number of carbonyl (C=O) groups is 1. The summed E-state index contributed by atoms with van der Waals surface area (Å²) in [6.07, 6.45) is 2.12. The molecule has 0 spiro atoms. The molecule has 0 radical (unpaired) electrons. The third kappa shape index (κ3) is 4.44. The molecule has 0 aliphatic rings. The number of aryl methyl sites for hydroxylation is 1. The first-order valence-corrected chi connectivity index (χ1v) is 6.63. The van der Waals surface area contributed by atoms with Crippen LogP contribution in [0.5, 0.6) is 0 Å². The highest BCUT2D eigenvalue weighted by molar-refractivity contribution is 6.03. The minimum atomic E-state index is -0.225. The van der Waals surface area contributed by atoms with Crippen molar-refractivity contribution in [2.75, 3.05) is 11.9 Å². The van der Waals surface area contributed by atoms with E-state index in [1.807, 2.05) is 19.1 Å². The van der Waals surface area contributed by atoms with Crippen molar-refractivity contribution in [1.29, 1.82) is 0 Å². The monoisotopic (exact) mass is 280 g/mol. The fraction of sp³-hybridized carbons (Fsp3) is 0.176. The Morgan fingerprint density at radius 3 is 2.90 bits per heavy atom. The number of carbonyl (C=O) groups excluding carboxylic acids is 1. The Hall–Kier alpha value is -2.64. The molecule has 0 saturated carbocycles. The van der Waals surface area contributed by atoms with Crippen molar-refractivity contribution < 1.29 is 9.90 Å². The summed E-state index contributed by atoms with van der Waals surface area (Å²) in [7, 11) is 0. The number of pyridine rings is 1. The van der Waals surface area contributed by atoms with Gasteiger partial charge in [0.05, 0.1) is 6.61 Å². The molecule has 106 valence electrons. The van der Waals surface area contributed by atoms with Crippen LogP contribution in [0.25, 0.3) is 0 Å². The van der Waals surface area contributed by atoms with Gasteiger partial charge >= 0.3 is 0 Å². The van der Waals surface area contributed by atoms with E-state index in [0.717, 1.165) is 11.1 Å². The van der Waals surface area contributed by atoms with Gasteiger partial charge in [-0.05, 0) is 36.8 Å². The lowest BCUT2D eigenvalue weighted by molar-refractivity contribution is 0.102. The topological polar surface area (TPSA) is 62.2 Å². The SMILES string of the molecule is Cc1ccc(NC(=O)c2cccc(C#CCCO)c2)nc1. The van der Waals surface area contributed by atoms with Gasteiger partial charge in [0.25, 0.3) is 5.91 Å². The van der Waals surface area contributed by atoms with Gasteiger partial charge in [-0.25, -0.2) is 4.98 Å². The number of benzene rings is 1. The van der Waals surface area contributed by atoms with E-state index >= 15 is 0 Å². The molecule has 2 rings (SSSR count). The van der Waals surface area contributed by atoms with Gasteiger partial charge in [-0.3, -0.25) is 4.79 Å². The molecule has 4 heteroatoms. The van der Waals surface area contributed by atoms with Crippen LogP contribution in [0.2, 0.25) is 0 Å². The van der Waals surface area contributed by atoms with Crippen LogP contribution in [0.15, 0.2) is 42.6 Å². The second-order valence-corrected chi connectivity index (χ2v) is 4.53. The fourth-order valence-corrected chi connectivity index (χ4v) is 1.69. The number of nitrogens with zero attached hydrogens (tertiary/aromatic N) is 1. The van der Waals surface area contributed by atoms with E-state index < -0.39 is 0 Å². The van der Waals surface area contributed by atoms with Crippen molar-refractivity contribution in [2.45, 2.75) is 13.3 Å². The number of hydrogen-bond acceptors (Lipinski definition) is 3. The Kier molecular flexibility index (Phi) is 5.08. The predicted octanol–water partition coefficient (Wildman–Crippen LogP) is 2.38. The van der Waals surface area contributed by atoms with E-state index in [1.165, 1.54) is 0 Å². The van der Waals surface area contributed by atoms with E-state index in [1.54, 1.807) is 30.5 Å². The smallest absolute Gasteiger partial charge is 0.256 e. The second-order valence-electron chi connectivity index (χ2n) is 4.53. The maximum atomic E-state index is 12.1. The Labute approximate surface area is 123 Å². The Balaban J connectivity index is 2.11. The highest BCUT2D eigenvalue weighted by atomic mass is 16.2. The summed E-state index contributed by atoms with van der Waals surface area (Å²) in [6, 6.07) is 10.7. The van der Waals surface area contributed by atoms with Gasteiger partial charge in [0.1, 0.15) is 5.82 Å². The minimum Gasteiger partial charge on any atom is -0.395 e. The molecule has 0 aliphatic carbocycles. The standard InChI is InChI=1S/C17H16N2O2/c1-13-8-9-16(18-12-13)19-17(21)15-7-4-6-14(11-15)5-2-3-10-20/h4,6-9,11-12,20H,3,10H2,1H3,(H,18,19,21). The normalized spacial score (nSPS) is 9.62. The van der Waals surface area contributed by atoms with Gasteiger partial charge in [0, 0.05) is 23.7 Å². The van der Waals surface area contributed by atoms with Crippen LogP contribution >= 0.6 is 0 Å². The lowest BCUT2D eigenvalue weighted by atomic mass is 10.1. The molecule has 1 amide bonds. The quantitative estimate of drug-likeness (QED) is 0.849. The largest absolute Gasteiger partial charge is 0.395 e. The zero-order chi connectivity index (χ0) is 15.1. The van der Waals surface area contributed by atoms with Gasteiger partial charge in [-0.1, -0.05) is 24.0 Å². The summed E-state index contributed by atoms with van der Waals surface area (Å²) in [4.78, 5) is 16.3. The summed E-state index contributed by atoms with van der Waals surface area (Å²) in [5.74, 6) is 6.03. The molecule has 4 nitrogen and oxygen atoms in total. The Morgan fingerprint density at radius 1 is 1.33 bits per heavy atom. The molecule has 2 N–H and O–H groups in total. The van der Waals surface area contributed by atoms with Crippen LogP contribution in [0, 0.1) is 18.8 Å². The van der Waals surface area contributed by atoms with Crippen molar-refractivity contribution >= 4 is 11.7 Å². The van der Waals surface area contributed by atoms with E-state index in [-0.39, 0.29) is 12.5 Å². The van der Waals surface area contributed by atoms with Crippen molar-refractivity contribution in [2.24, 2.45) is 0 Å². The van der Waals surface area contributed by atoms with E-state index in [2.05, 4.69) is 22.1 Å². The Bertz CT molecular complexity index is 682. The van der Waals surface area contributed by atoms with Gasteiger partial charge in [-0.2, -0.15) is 0 Å². The van der Waals surface area contributed by atoms with Crippen molar-refractivity contribution in [3.8, 4) is 11.8 Å². The molecule has 1 heterocycles. The zero-order valence-electron chi connectivity index (χ0n) is 11.8. The third-order valence-corrected chi connectivity index (χ3v) is 2.75. The predicted molar refractivity (Wildman–Crippen MR) is 82.0 cm³/mol. The van der Waals surface area contributed by atoms with Crippen LogP contribution in [0.4, 0.5) is 5.82 Å². The third-order valence-electron chi connectivity index (χ3n) is 2.75. The summed E-state index contributed by atoms with van der Waals surface area (Å²) >= 11 is 0. The van der Waals surface area contributed by atoms with Gasteiger partial charge in [0.15, 0.2) is 0 Å². The molecular weight excluding hydrogens is 264 g/mol. The fourth-order valence-electron chi connectivity index (χ4n) is 1.69. The number of aliphatic hydroxyl groups excluding tert-OH is 1. The number of nitrogens with one attached hydrogen (secondary N) is 1. The summed E-state index contributed by atoms with van der Waals surface area (Å²) < 4.78 is 0. The molecule has 0 unspecified atom stereocenters. The molecule has 0 atom stereocenters. The minimum absolute atomic E-state index is 0.0340. The lowest BCUT2D eigenvalue weighted by Crippen LogP contribution is -2.12. The number of aliphatic hydroxyl groups is 1. The summed E-state index contributed by atoms with van der Waals surface area (Å²) in [5, 5.41) is 11.4. The molecule has 0 fully saturated rings. The molecule has 2 aromatic rings. The first-order valence-electron chi connectivity index (χ1n) is 6.63. The van der Waals surface area contributed by atoms with Crippen LogP contribution in [0.3, 0.4) is 0 Å². The number of hydrogen-bond donors (Lipinski definition) is 2. The number of rotatable bonds is 3. The van der Waals surface area contributed by atoms with Crippen molar-refractivity contribution in [1.82, 2.24) is 4.98 Å². The maximum absolute atomic E-state index is 12.1. The van der Waals surface area contributed by atoms with Gasteiger partial charge in [0.2, 0.25) is 0 Å². The maximum Gasteiger partial charge on any atom is 0.256 e. The first kappa shape index (κ1) is 14.8. The molecule has 1 aromatic heterocycles. The molecule has 1 aromatic carbocycles. The molecule has 0 saturated heterocycles. The highest BCUT2D eigenvalue weighted by Crippen LogP contribution is 2.09. The van der Waals surface area contributed by atoms with Crippen LogP contribution in [-0.2, 0) is 0 Å². The molecule has 0 bridgehead atoms. The van der Waals surface area contributed by atoms with Crippen LogP contribution in [0.1, 0.15) is 27.9 Å². The average molecular weight is 280 g/mol. The lowest BCUT2D eigenvalue weighted by Gasteiger charge is -2.05. The first-order chi connectivity index (χ1) is 10.2.